The van der Waals surface area contributed by atoms with Crippen LogP contribution in [0.3, 0.4) is 0 Å². The highest BCUT2D eigenvalue weighted by Gasteiger charge is 2.38. The highest BCUT2D eigenvalue weighted by atomic mass is 79.9. The smallest absolute Gasteiger partial charge is 0.348 e. The second-order valence-corrected chi connectivity index (χ2v) is 7.55. The standard InChI is InChI=1S/C14H20Br2O3/c1-7(2)9-5-4-8(3)6-10(9)18-14-12(16)11(15)13(17)19-14/h7-10,14H,4-6H2,1-3H3/t8?,9-,10-,14?/m0/s1. The lowest BCUT2D eigenvalue weighted by Crippen LogP contribution is -2.37. The van der Waals surface area contributed by atoms with Gasteiger partial charge in [-0.1, -0.05) is 27.2 Å². The van der Waals surface area contributed by atoms with Crippen LogP contribution < -0.4 is 0 Å². The number of hydrogen-bond acceptors (Lipinski definition) is 3. The molecule has 0 radical (unpaired) electrons. The van der Waals surface area contributed by atoms with Gasteiger partial charge in [-0.05, 0) is 62.5 Å². The number of hydrogen-bond donors (Lipinski definition) is 0. The van der Waals surface area contributed by atoms with E-state index in [1.54, 1.807) is 0 Å². The summed E-state index contributed by atoms with van der Waals surface area (Å²) in [4.78, 5) is 11.5. The van der Waals surface area contributed by atoms with Crippen LogP contribution in [0.5, 0.6) is 0 Å². The Morgan fingerprint density at radius 1 is 1.32 bits per heavy atom. The predicted molar refractivity (Wildman–Crippen MR) is 81.0 cm³/mol. The quantitative estimate of drug-likeness (QED) is 0.666. The molecule has 0 N–H and O–H groups in total. The third-order valence-electron chi connectivity index (χ3n) is 4.07. The van der Waals surface area contributed by atoms with Gasteiger partial charge in [-0.3, -0.25) is 0 Å². The zero-order chi connectivity index (χ0) is 14.2. The molecule has 2 aliphatic rings. The first-order valence-corrected chi connectivity index (χ1v) is 8.40. The summed E-state index contributed by atoms with van der Waals surface area (Å²) >= 11 is 6.58. The molecule has 0 amide bonds. The number of ether oxygens (including phenoxy) is 2. The molecule has 0 aromatic carbocycles. The van der Waals surface area contributed by atoms with E-state index in [-0.39, 0.29) is 12.1 Å². The summed E-state index contributed by atoms with van der Waals surface area (Å²) in [6.07, 6.45) is 3.06. The Labute approximate surface area is 131 Å². The molecule has 1 saturated carbocycles. The molecule has 1 fully saturated rings. The van der Waals surface area contributed by atoms with Crippen LogP contribution >= 0.6 is 31.9 Å². The molecule has 0 aromatic heterocycles. The first-order valence-electron chi connectivity index (χ1n) is 6.81. The van der Waals surface area contributed by atoms with Crippen molar-refractivity contribution < 1.29 is 14.3 Å². The molecule has 0 aromatic rings. The molecule has 108 valence electrons. The average Bonchev–Trinajstić information content (AvgIpc) is 2.57. The largest absolute Gasteiger partial charge is 0.427 e. The highest BCUT2D eigenvalue weighted by Crippen LogP contribution is 2.39. The molecule has 0 spiro atoms. The van der Waals surface area contributed by atoms with E-state index in [1.165, 1.54) is 12.8 Å². The molecule has 19 heavy (non-hydrogen) atoms. The topological polar surface area (TPSA) is 35.5 Å². The molecule has 2 unspecified atom stereocenters. The lowest BCUT2D eigenvalue weighted by atomic mass is 9.75. The van der Waals surface area contributed by atoms with Gasteiger partial charge < -0.3 is 9.47 Å². The Morgan fingerprint density at radius 2 is 2.00 bits per heavy atom. The van der Waals surface area contributed by atoms with Crippen LogP contribution in [-0.2, 0) is 14.3 Å². The lowest BCUT2D eigenvalue weighted by molar-refractivity contribution is -0.179. The third-order valence-corrected chi connectivity index (χ3v) is 6.12. The zero-order valence-electron chi connectivity index (χ0n) is 11.5. The molecular formula is C14H20Br2O3. The summed E-state index contributed by atoms with van der Waals surface area (Å²) < 4.78 is 12.4. The first kappa shape index (κ1) is 15.5. The Balaban J connectivity index is 2.06. The molecule has 0 saturated heterocycles. The van der Waals surface area contributed by atoms with E-state index in [1.807, 2.05) is 0 Å². The summed E-state index contributed by atoms with van der Waals surface area (Å²) in [6, 6.07) is 0. The van der Waals surface area contributed by atoms with Gasteiger partial charge in [-0.25, -0.2) is 4.79 Å². The van der Waals surface area contributed by atoms with E-state index < -0.39 is 6.29 Å². The van der Waals surface area contributed by atoms with Gasteiger partial charge in [-0.15, -0.1) is 0 Å². The minimum absolute atomic E-state index is 0.160. The summed E-state index contributed by atoms with van der Waals surface area (Å²) in [5.41, 5.74) is 0. The van der Waals surface area contributed by atoms with E-state index in [9.17, 15) is 4.79 Å². The van der Waals surface area contributed by atoms with Crippen LogP contribution in [0.4, 0.5) is 0 Å². The Bertz CT molecular complexity index is 392. The second kappa shape index (κ2) is 6.27. The molecule has 0 bridgehead atoms. The van der Waals surface area contributed by atoms with Crippen LogP contribution in [0.25, 0.3) is 0 Å². The molecule has 5 heteroatoms. The minimum atomic E-state index is -0.585. The lowest BCUT2D eigenvalue weighted by Gasteiger charge is -2.38. The predicted octanol–water partition coefficient (Wildman–Crippen LogP) is 4.35. The average molecular weight is 396 g/mol. The van der Waals surface area contributed by atoms with Crippen molar-refractivity contribution in [3.05, 3.63) is 8.96 Å². The van der Waals surface area contributed by atoms with E-state index in [0.29, 0.717) is 26.7 Å². The van der Waals surface area contributed by atoms with Gasteiger partial charge in [0.1, 0.15) is 4.48 Å². The summed E-state index contributed by atoms with van der Waals surface area (Å²) in [5.74, 6) is 1.43. The van der Waals surface area contributed by atoms with E-state index >= 15 is 0 Å². The zero-order valence-corrected chi connectivity index (χ0v) is 14.7. The van der Waals surface area contributed by atoms with Gasteiger partial charge in [0.25, 0.3) is 0 Å². The molecule has 2 rings (SSSR count). The third kappa shape index (κ3) is 3.42. The Morgan fingerprint density at radius 3 is 2.53 bits per heavy atom. The maximum atomic E-state index is 11.5. The number of esters is 1. The fourth-order valence-corrected chi connectivity index (χ4v) is 3.56. The van der Waals surface area contributed by atoms with E-state index in [0.717, 1.165) is 6.42 Å². The first-order chi connectivity index (χ1) is 8.90. The Hall–Kier alpha value is 0.130. The Kier molecular flexibility index (Phi) is 5.12. The van der Waals surface area contributed by atoms with Crippen molar-refractivity contribution in [2.75, 3.05) is 0 Å². The van der Waals surface area contributed by atoms with Gasteiger partial charge in [0.05, 0.1) is 10.6 Å². The normalized spacial score (nSPS) is 36.0. The van der Waals surface area contributed by atoms with Crippen LogP contribution in [-0.4, -0.2) is 18.4 Å². The SMILES string of the molecule is CC1CC[C@@H](C(C)C)[C@@H](OC2OC(=O)C(Br)=C2Br)C1. The monoisotopic (exact) mass is 394 g/mol. The van der Waals surface area contributed by atoms with Crippen molar-refractivity contribution in [1.29, 1.82) is 0 Å². The van der Waals surface area contributed by atoms with Crippen molar-refractivity contribution >= 4 is 37.8 Å². The summed E-state index contributed by atoms with van der Waals surface area (Å²) in [7, 11) is 0. The maximum Gasteiger partial charge on any atom is 0.348 e. The van der Waals surface area contributed by atoms with Crippen LogP contribution in [0.15, 0.2) is 8.96 Å². The number of halogens is 2. The summed E-state index contributed by atoms with van der Waals surface area (Å²) in [5, 5.41) is 0. The molecule has 1 aliphatic heterocycles. The molecule has 1 heterocycles. The highest BCUT2D eigenvalue weighted by molar-refractivity contribution is 9.14. The fourth-order valence-electron chi connectivity index (χ4n) is 2.92. The van der Waals surface area contributed by atoms with Gasteiger partial charge in [0.15, 0.2) is 0 Å². The van der Waals surface area contributed by atoms with Crippen molar-refractivity contribution in [2.24, 2.45) is 17.8 Å². The molecular weight excluding hydrogens is 376 g/mol. The van der Waals surface area contributed by atoms with Crippen LogP contribution in [0.2, 0.25) is 0 Å². The molecule has 1 aliphatic carbocycles. The van der Waals surface area contributed by atoms with Gasteiger partial charge in [0.2, 0.25) is 6.29 Å². The second-order valence-electron chi connectivity index (χ2n) is 5.90. The van der Waals surface area contributed by atoms with Crippen molar-refractivity contribution in [1.82, 2.24) is 0 Å². The minimum Gasteiger partial charge on any atom is -0.427 e. The number of cyclic esters (lactones) is 1. The number of carbonyl (C=O) groups is 1. The van der Waals surface area contributed by atoms with Crippen molar-refractivity contribution in [3.8, 4) is 0 Å². The maximum absolute atomic E-state index is 11.5. The van der Waals surface area contributed by atoms with Crippen molar-refractivity contribution in [3.63, 3.8) is 0 Å². The van der Waals surface area contributed by atoms with Crippen LogP contribution in [0.1, 0.15) is 40.0 Å². The van der Waals surface area contributed by atoms with Gasteiger partial charge in [-0.2, -0.15) is 0 Å². The van der Waals surface area contributed by atoms with E-state index in [2.05, 4.69) is 52.6 Å². The molecule has 4 atom stereocenters. The van der Waals surface area contributed by atoms with Crippen molar-refractivity contribution in [2.45, 2.75) is 52.4 Å². The number of rotatable bonds is 3. The van der Waals surface area contributed by atoms with Gasteiger partial charge >= 0.3 is 5.97 Å². The number of carbonyl (C=O) groups excluding carboxylic acids is 1. The van der Waals surface area contributed by atoms with Gasteiger partial charge in [0, 0.05) is 0 Å². The summed E-state index contributed by atoms with van der Waals surface area (Å²) in [6.45, 7) is 6.73. The van der Waals surface area contributed by atoms with Crippen LogP contribution in [0, 0.1) is 17.8 Å². The fraction of sp³-hybridized carbons (Fsp3) is 0.786. The van der Waals surface area contributed by atoms with E-state index in [4.69, 9.17) is 9.47 Å². The molecule has 3 nitrogen and oxygen atoms in total.